The van der Waals surface area contributed by atoms with Crippen molar-refractivity contribution in [3.8, 4) is 11.5 Å². The highest BCUT2D eigenvalue weighted by molar-refractivity contribution is 6.04. The third-order valence-electron chi connectivity index (χ3n) is 6.08. The Morgan fingerprint density at radius 2 is 1.49 bits per heavy atom. The molecule has 2 amide bonds. The number of anilines is 2. The maximum atomic E-state index is 13.6. The van der Waals surface area contributed by atoms with Crippen LogP contribution in [0.1, 0.15) is 62.7 Å². The second kappa shape index (κ2) is 11.4. The summed E-state index contributed by atoms with van der Waals surface area (Å²) in [6.45, 7) is 5.46. The molecule has 0 bridgehead atoms. The van der Waals surface area contributed by atoms with Crippen molar-refractivity contribution >= 4 is 23.4 Å². The van der Waals surface area contributed by atoms with Gasteiger partial charge in [-0.25, -0.2) is 9.78 Å². The summed E-state index contributed by atoms with van der Waals surface area (Å²) in [6, 6.07) is 15.0. The van der Waals surface area contributed by atoms with Crippen LogP contribution in [0.2, 0.25) is 0 Å². The number of ether oxygens (including phenoxy) is 1. The Hall–Kier alpha value is -4.02. The van der Waals surface area contributed by atoms with Crippen molar-refractivity contribution in [1.29, 1.82) is 0 Å². The van der Waals surface area contributed by atoms with Gasteiger partial charge < -0.3 is 25.1 Å². The molecular formula is C28H31F3N4O4. The Balaban J connectivity index is 1.33. The van der Waals surface area contributed by atoms with Gasteiger partial charge in [-0.2, -0.15) is 13.2 Å². The first kappa shape index (κ1) is 28.0. The number of nitrogens with one attached hydrogen (secondary N) is 3. The lowest BCUT2D eigenvalue weighted by Gasteiger charge is -2.31. The van der Waals surface area contributed by atoms with Crippen molar-refractivity contribution in [2.75, 3.05) is 10.6 Å². The van der Waals surface area contributed by atoms with E-state index in [2.05, 4.69) is 20.9 Å². The summed E-state index contributed by atoms with van der Waals surface area (Å²) in [7, 11) is 0. The standard InChI is InChI=1S/C28H31F3N4O4/c1-27(2,3)39-26(37)34-21-15-11-19(12-16-21)32-18-9-13-20(14-10-18)33-24(36)22-23(28(29,30)31)38-25(35-22)17-7-5-4-6-8-17/h4-10,13-14,19,21,32H,11-12,15-16H2,1-3H3,(H,33,36)(H,34,37)/t19-,21+. The van der Waals surface area contributed by atoms with Crippen molar-refractivity contribution in [3.05, 3.63) is 66.1 Å². The zero-order valence-electron chi connectivity index (χ0n) is 21.9. The van der Waals surface area contributed by atoms with Crippen LogP contribution in [-0.2, 0) is 10.9 Å². The lowest BCUT2D eigenvalue weighted by molar-refractivity contribution is -0.153. The number of amides is 2. The molecule has 0 radical (unpaired) electrons. The van der Waals surface area contributed by atoms with Crippen molar-refractivity contribution in [2.45, 2.75) is 70.3 Å². The fraction of sp³-hybridized carbons (Fsp3) is 0.393. The minimum atomic E-state index is -4.89. The number of rotatable bonds is 6. The summed E-state index contributed by atoms with van der Waals surface area (Å²) in [4.78, 5) is 28.5. The fourth-order valence-corrected chi connectivity index (χ4v) is 4.30. The summed E-state index contributed by atoms with van der Waals surface area (Å²) >= 11 is 0. The smallest absolute Gasteiger partial charge is 0.444 e. The molecule has 208 valence electrons. The summed E-state index contributed by atoms with van der Waals surface area (Å²) < 4.78 is 50.9. The van der Waals surface area contributed by atoms with Gasteiger partial charge in [-0.1, -0.05) is 18.2 Å². The molecule has 2 aromatic carbocycles. The van der Waals surface area contributed by atoms with E-state index in [9.17, 15) is 22.8 Å². The highest BCUT2D eigenvalue weighted by atomic mass is 19.4. The van der Waals surface area contributed by atoms with Gasteiger partial charge in [0.25, 0.3) is 5.91 Å². The predicted octanol–water partition coefficient (Wildman–Crippen LogP) is 6.86. The average molecular weight is 545 g/mol. The lowest BCUT2D eigenvalue weighted by atomic mass is 9.91. The predicted molar refractivity (Wildman–Crippen MR) is 140 cm³/mol. The van der Waals surface area contributed by atoms with E-state index >= 15 is 0 Å². The molecule has 0 spiro atoms. The number of benzene rings is 2. The summed E-state index contributed by atoms with van der Waals surface area (Å²) in [5.74, 6) is -2.76. The van der Waals surface area contributed by atoms with Crippen molar-refractivity contribution < 1.29 is 31.9 Å². The highest BCUT2D eigenvalue weighted by Crippen LogP contribution is 2.35. The van der Waals surface area contributed by atoms with Crippen LogP contribution >= 0.6 is 0 Å². The molecule has 11 heteroatoms. The quantitative estimate of drug-likeness (QED) is 0.313. The molecule has 3 N–H and O–H groups in total. The number of nitrogens with zero attached hydrogens (tertiary/aromatic N) is 1. The van der Waals surface area contributed by atoms with Crippen LogP contribution in [0.4, 0.5) is 29.3 Å². The molecule has 1 aliphatic rings. The van der Waals surface area contributed by atoms with E-state index in [0.717, 1.165) is 31.4 Å². The average Bonchev–Trinajstić information content (AvgIpc) is 3.33. The van der Waals surface area contributed by atoms with Crippen LogP contribution in [0.5, 0.6) is 0 Å². The molecule has 3 aromatic rings. The summed E-state index contributed by atoms with van der Waals surface area (Å²) in [5, 5.41) is 8.80. The third kappa shape index (κ3) is 7.75. The first-order valence-corrected chi connectivity index (χ1v) is 12.7. The number of carbonyl (C=O) groups is 2. The van der Waals surface area contributed by atoms with Crippen LogP contribution in [0, 0.1) is 0 Å². The van der Waals surface area contributed by atoms with Gasteiger partial charge in [0.05, 0.1) is 0 Å². The topological polar surface area (TPSA) is 105 Å². The van der Waals surface area contributed by atoms with E-state index in [1.165, 1.54) is 0 Å². The highest BCUT2D eigenvalue weighted by Gasteiger charge is 2.42. The molecule has 0 aliphatic heterocycles. The molecule has 0 atom stereocenters. The normalized spacial score (nSPS) is 17.8. The van der Waals surface area contributed by atoms with Gasteiger partial charge in [-0.05, 0) is 82.9 Å². The second-order valence-corrected chi connectivity index (χ2v) is 10.4. The molecule has 8 nitrogen and oxygen atoms in total. The van der Waals surface area contributed by atoms with E-state index in [4.69, 9.17) is 9.15 Å². The van der Waals surface area contributed by atoms with Gasteiger partial charge in [0, 0.05) is 29.0 Å². The molecule has 1 aliphatic carbocycles. The number of oxazole rings is 1. The van der Waals surface area contributed by atoms with Crippen molar-refractivity contribution in [2.24, 2.45) is 0 Å². The summed E-state index contributed by atoms with van der Waals surface area (Å²) in [6.07, 6.45) is -2.02. The van der Waals surface area contributed by atoms with Gasteiger partial charge in [0.15, 0.2) is 5.69 Å². The Labute approximate surface area is 224 Å². The van der Waals surface area contributed by atoms with Crippen LogP contribution in [0.25, 0.3) is 11.5 Å². The van der Waals surface area contributed by atoms with Crippen LogP contribution in [-0.4, -0.2) is 34.7 Å². The molecule has 1 aromatic heterocycles. The largest absolute Gasteiger partial charge is 0.452 e. The number of hydrogen-bond donors (Lipinski definition) is 3. The van der Waals surface area contributed by atoms with E-state index in [-0.39, 0.29) is 18.0 Å². The van der Waals surface area contributed by atoms with Gasteiger partial charge in [-0.15, -0.1) is 0 Å². The fourth-order valence-electron chi connectivity index (χ4n) is 4.30. The number of carbonyl (C=O) groups excluding carboxylic acids is 2. The van der Waals surface area contributed by atoms with E-state index < -0.39 is 35.2 Å². The monoisotopic (exact) mass is 544 g/mol. The number of halogens is 3. The van der Waals surface area contributed by atoms with Crippen LogP contribution < -0.4 is 16.0 Å². The zero-order valence-corrected chi connectivity index (χ0v) is 21.9. The molecule has 4 rings (SSSR count). The number of hydrogen-bond acceptors (Lipinski definition) is 6. The van der Waals surface area contributed by atoms with Gasteiger partial charge >= 0.3 is 12.3 Å². The zero-order chi connectivity index (χ0) is 28.2. The molecule has 1 saturated carbocycles. The van der Waals surface area contributed by atoms with E-state index in [0.29, 0.717) is 11.3 Å². The van der Waals surface area contributed by atoms with Crippen LogP contribution in [0.3, 0.4) is 0 Å². The Bertz CT molecular complexity index is 1280. The number of alkyl carbamates (subject to hydrolysis) is 1. The molecule has 1 heterocycles. The molecule has 0 unspecified atom stereocenters. The van der Waals surface area contributed by atoms with Gasteiger partial charge in [0.1, 0.15) is 5.60 Å². The van der Waals surface area contributed by atoms with Gasteiger partial charge in [0.2, 0.25) is 11.7 Å². The minimum absolute atomic E-state index is 0.0519. The number of alkyl halides is 3. The van der Waals surface area contributed by atoms with E-state index in [1.54, 1.807) is 54.6 Å². The second-order valence-electron chi connectivity index (χ2n) is 10.4. The minimum Gasteiger partial charge on any atom is -0.444 e. The maximum absolute atomic E-state index is 13.6. The van der Waals surface area contributed by atoms with Crippen molar-refractivity contribution in [1.82, 2.24) is 10.3 Å². The van der Waals surface area contributed by atoms with E-state index in [1.807, 2.05) is 20.8 Å². The Morgan fingerprint density at radius 3 is 2.08 bits per heavy atom. The maximum Gasteiger partial charge on any atom is 0.452 e. The first-order chi connectivity index (χ1) is 18.4. The Morgan fingerprint density at radius 1 is 0.897 bits per heavy atom. The number of aromatic nitrogens is 1. The van der Waals surface area contributed by atoms with Crippen molar-refractivity contribution in [3.63, 3.8) is 0 Å². The first-order valence-electron chi connectivity index (χ1n) is 12.7. The molecular weight excluding hydrogens is 513 g/mol. The Kier molecular flexibility index (Phi) is 8.17. The van der Waals surface area contributed by atoms with Gasteiger partial charge in [-0.3, -0.25) is 4.79 Å². The molecule has 0 saturated heterocycles. The molecule has 1 fully saturated rings. The molecule has 39 heavy (non-hydrogen) atoms. The summed E-state index contributed by atoms with van der Waals surface area (Å²) in [5.41, 5.74) is 0.0656. The SMILES string of the molecule is CC(C)(C)OC(=O)N[C@H]1CC[C@@H](Nc2ccc(NC(=O)c3nc(-c4ccccc4)oc3C(F)(F)F)cc2)CC1. The lowest BCUT2D eigenvalue weighted by Crippen LogP contribution is -2.42. The van der Waals surface area contributed by atoms with Crippen LogP contribution in [0.15, 0.2) is 59.0 Å². The third-order valence-corrected chi connectivity index (χ3v) is 6.08.